The van der Waals surface area contributed by atoms with Crippen molar-refractivity contribution in [3.05, 3.63) is 11.1 Å². The third-order valence-electron chi connectivity index (χ3n) is 2.33. The Morgan fingerprint density at radius 3 is 3.15 bits per heavy atom. The zero-order valence-corrected chi connectivity index (χ0v) is 9.38. The second-order valence-corrected chi connectivity index (χ2v) is 5.35. The van der Waals surface area contributed by atoms with Crippen molar-refractivity contribution >= 4 is 23.1 Å². The summed E-state index contributed by atoms with van der Waals surface area (Å²) in [4.78, 5) is 5.76. The van der Waals surface area contributed by atoms with Crippen molar-refractivity contribution in [2.45, 2.75) is 29.6 Å². The molecule has 1 aliphatic rings. The van der Waals surface area contributed by atoms with Gasteiger partial charge in [0.25, 0.3) is 0 Å². The average Bonchev–Trinajstić information content (AvgIpc) is 2.67. The first-order valence-corrected chi connectivity index (χ1v) is 6.67. The first-order valence-electron chi connectivity index (χ1n) is 4.63. The number of aromatic nitrogens is 1. The molecule has 1 aliphatic heterocycles. The molecule has 2 heterocycles. The molecule has 0 spiro atoms. The van der Waals surface area contributed by atoms with Crippen molar-refractivity contribution in [2.75, 3.05) is 12.8 Å². The quantitative estimate of drug-likeness (QED) is 0.766. The summed E-state index contributed by atoms with van der Waals surface area (Å²) in [5.74, 6) is 0. The molecule has 4 heteroatoms. The summed E-state index contributed by atoms with van der Waals surface area (Å²) >= 11 is 3.56. The topological polar surface area (TPSA) is 24.9 Å². The zero-order chi connectivity index (χ0) is 9.10. The normalized spacial score (nSPS) is 23.3. The molecule has 0 aromatic carbocycles. The maximum atomic E-state index is 4.35. The van der Waals surface area contributed by atoms with Gasteiger partial charge in [-0.15, -0.1) is 11.3 Å². The van der Waals surface area contributed by atoms with Crippen LogP contribution in [0, 0.1) is 0 Å². The van der Waals surface area contributed by atoms with Gasteiger partial charge in [-0.1, -0.05) is 18.2 Å². The van der Waals surface area contributed by atoms with Gasteiger partial charge in [-0.25, -0.2) is 4.98 Å². The van der Waals surface area contributed by atoms with Crippen molar-refractivity contribution in [1.82, 2.24) is 10.3 Å². The lowest BCUT2D eigenvalue weighted by Crippen LogP contribution is -2.25. The van der Waals surface area contributed by atoms with Crippen molar-refractivity contribution in [3.63, 3.8) is 0 Å². The van der Waals surface area contributed by atoms with E-state index in [-0.39, 0.29) is 0 Å². The molecule has 0 bridgehead atoms. The summed E-state index contributed by atoms with van der Waals surface area (Å²) in [6.07, 6.45) is 8.06. The molecule has 1 aromatic rings. The van der Waals surface area contributed by atoms with E-state index < -0.39 is 0 Å². The fourth-order valence-corrected chi connectivity index (χ4v) is 3.16. The number of thioether (sulfide) groups is 1. The average molecular weight is 214 g/mol. The SMILES string of the molecule is CSc1ncc(C2CCCCN2)s1. The van der Waals surface area contributed by atoms with Crippen LogP contribution in [-0.4, -0.2) is 17.8 Å². The molecule has 1 atom stereocenters. The molecule has 2 nitrogen and oxygen atoms in total. The second kappa shape index (κ2) is 4.44. The van der Waals surface area contributed by atoms with Crippen LogP contribution >= 0.6 is 23.1 Å². The van der Waals surface area contributed by atoms with Crippen LogP contribution in [0.25, 0.3) is 0 Å². The van der Waals surface area contributed by atoms with E-state index in [9.17, 15) is 0 Å². The summed E-state index contributed by atoms with van der Waals surface area (Å²) in [6, 6.07) is 0.576. The van der Waals surface area contributed by atoms with Crippen LogP contribution in [-0.2, 0) is 0 Å². The summed E-state index contributed by atoms with van der Waals surface area (Å²) in [5, 5.41) is 3.53. The molecule has 1 saturated heterocycles. The Labute approximate surface area is 87.1 Å². The van der Waals surface area contributed by atoms with E-state index in [2.05, 4.69) is 16.6 Å². The monoisotopic (exact) mass is 214 g/mol. The molecule has 2 rings (SSSR count). The van der Waals surface area contributed by atoms with Gasteiger partial charge < -0.3 is 5.32 Å². The Morgan fingerprint density at radius 2 is 2.54 bits per heavy atom. The van der Waals surface area contributed by atoms with Crippen LogP contribution in [0.15, 0.2) is 10.5 Å². The lowest BCUT2D eigenvalue weighted by Gasteiger charge is -2.21. The van der Waals surface area contributed by atoms with Crippen molar-refractivity contribution < 1.29 is 0 Å². The number of nitrogens with one attached hydrogen (secondary N) is 1. The van der Waals surface area contributed by atoms with Crippen molar-refractivity contribution in [2.24, 2.45) is 0 Å². The Bertz CT molecular complexity index is 266. The highest BCUT2D eigenvalue weighted by Crippen LogP contribution is 2.30. The minimum absolute atomic E-state index is 0.576. The van der Waals surface area contributed by atoms with E-state index in [1.807, 2.05) is 17.5 Å². The predicted molar refractivity (Wildman–Crippen MR) is 58.5 cm³/mol. The van der Waals surface area contributed by atoms with Gasteiger partial charge >= 0.3 is 0 Å². The number of hydrogen-bond donors (Lipinski definition) is 1. The second-order valence-electron chi connectivity index (χ2n) is 3.24. The van der Waals surface area contributed by atoms with Gasteiger partial charge in [-0.05, 0) is 25.6 Å². The van der Waals surface area contributed by atoms with Crippen LogP contribution in [0.5, 0.6) is 0 Å². The summed E-state index contributed by atoms with van der Waals surface area (Å²) in [7, 11) is 0. The molecule has 0 radical (unpaired) electrons. The number of piperidine rings is 1. The molecule has 0 saturated carbocycles. The molecule has 1 aromatic heterocycles. The van der Waals surface area contributed by atoms with Crippen molar-refractivity contribution in [3.8, 4) is 0 Å². The molecule has 1 fully saturated rings. The lowest BCUT2D eigenvalue weighted by molar-refractivity contribution is 0.417. The number of hydrogen-bond acceptors (Lipinski definition) is 4. The summed E-state index contributed by atoms with van der Waals surface area (Å²) in [5.41, 5.74) is 0. The molecule has 0 aliphatic carbocycles. The van der Waals surface area contributed by atoms with Gasteiger partial charge in [0.15, 0.2) is 0 Å². The largest absolute Gasteiger partial charge is 0.309 e. The molecule has 0 amide bonds. The molecule has 1 unspecified atom stereocenters. The fourth-order valence-electron chi connectivity index (χ4n) is 1.62. The molecular formula is C9H14N2S2. The van der Waals surface area contributed by atoms with E-state index >= 15 is 0 Å². The minimum atomic E-state index is 0.576. The zero-order valence-electron chi connectivity index (χ0n) is 7.75. The first kappa shape index (κ1) is 9.49. The smallest absolute Gasteiger partial charge is 0.149 e. The van der Waals surface area contributed by atoms with E-state index in [4.69, 9.17) is 0 Å². The van der Waals surface area contributed by atoms with Gasteiger partial charge in [0.1, 0.15) is 4.34 Å². The minimum Gasteiger partial charge on any atom is -0.309 e. The fraction of sp³-hybridized carbons (Fsp3) is 0.667. The van der Waals surface area contributed by atoms with Crippen LogP contribution in [0.4, 0.5) is 0 Å². The predicted octanol–water partition coefficient (Wildman–Crippen LogP) is 2.68. The maximum Gasteiger partial charge on any atom is 0.149 e. The highest BCUT2D eigenvalue weighted by atomic mass is 32.2. The van der Waals surface area contributed by atoms with Gasteiger partial charge in [0.2, 0.25) is 0 Å². The van der Waals surface area contributed by atoms with Gasteiger partial charge in [-0.2, -0.15) is 0 Å². The number of thiazole rings is 1. The molecule has 13 heavy (non-hydrogen) atoms. The van der Waals surface area contributed by atoms with Crippen LogP contribution < -0.4 is 5.32 Å². The molecular weight excluding hydrogens is 200 g/mol. The number of nitrogens with zero attached hydrogens (tertiary/aromatic N) is 1. The Balaban J connectivity index is 2.05. The third kappa shape index (κ3) is 2.24. The number of rotatable bonds is 2. The van der Waals surface area contributed by atoms with E-state index in [1.165, 1.54) is 28.5 Å². The Hall–Kier alpha value is -0.0600. The Morgan fingerprint density at radius 1 is 1.62 bits per heavy atom. The highest BCUT2D eigenvalue weighted by Gasteiger charge is 2.16. The third-order valence-corrected chi connectivity index (χ3v) is 4.44. The van der Waals surface area contributed by atoms with Crippen LogP contribution in [0.1, 0.15) is 30.2 Å². The Kier molecular flexibility index (Phi) is 3.24. The van der Waals surface area contributed by atoms with E-state index in [0.29, 0.717) is 6.04 Å². The van der Waals surface area contributed by atoms with Gasteiger partial charge in [-0.3, -0.25) is 0 Å². The van der Waals surface area contributed by atoms with Gasteiger partial charge in [0.05, 0.1) is 0 Å². The van der Waals surface area contributed by atoms with Crippen LogP contribution in [0.3, 0.4) is 0 Å². The lowest BCUT2D eigenvalue weighted by atomic mass is 10.0. The van der Waals surface area contributed by atoms with E-state index in [1.54, 1.807) is 11.8 Å². The summed E-state index contributed by atoms with van der Waals surface area (Å²) < 4.78 is 1.18. The maximum absolute atomic E-state index is 4.35. The molecule has 1 N–H and O–H groups in total. The van der Waals surface area contributed by atoms with E-state index in [0.717, 1.165) is 6.54 Å². The highest BCUT2D eigenvalue weighted by molar-refractivity contribution is 8.00. The summed E-state index contributed by atoms with van der Waals surface area (Å²) in [6.45, 7) is 1.16. The van der Waals surface area contributed by atoms with Crippen LogP contribution in [0.2, 0.25) is 0 Å². The standard InChI is InChI=1S/C9H14N2S2/c1-12-9-11-6-8(13-9)7-4-2-3-5-10-7/h6-7,10H,2-5H2,1H3. The first-order chi connectivity index (χ1) is 6.40. The van der Waals surface area contributed by atoms with Crippen molar-refractivity contribution in [1.29, 1.82) is 0 Å². The van der Waals surface area contributed by atoms with Gasteiger partial charge in [0, 0.05) is 17.1 Å². The molecule has 72 valence electrons.